The Morgan fingerprint density at radius 1 is 1.00 bits per heavy atom. The molecule has 0 atom stereocenters. The maximum atomic E-state index is 11.9. The first-order chi connectivity index (χ1) is 11.2. The summed E-state index contributed by atoms with van der Waals surface area (Å²) in [4.78, 5) is 25.3. The van der Waals surface area contributed by atoms with Gasteiger partial charge in [0, 0.05) is 12.3 Å². The first-order valence-electron chi connectivity index (χ1n) is 7.83. The van der Waals surface area contributed by atoms with E-state index in [1.54, 1.807) is 24.3 Å². The zero-order valence-corrected chi connectivity index (χ0v) is 13.2. The Morgan fingerprint density at radius 2 is 1.74 bits per heavy atom. The molecule has 0 amide bonds. The highest BCUT2D eigenvalue weighted by molar-refractivity contribution is 5.90. The summed E-state index contributed by atoms with van der Waals surface area (Å²) in [5, 5.41) is 0. The molecular formula is C18H21NO4. The van der Waals surface area contributed by atoms with Crippen LogP contribution in [-0.2, 0) is 0 Å². The lowest BCUT2D eigenvalue weighted by atomic mass is 10.2. The molecule has 23 heavy (non-hydrogen) atoms. The third-order valence-corrected chi connectivity index (χ3v) is 3.32. The van der Waals surface area contributed by atoms with Gasteiger partial charge in [0.25, 0.3) is 0 Å². The van der Waals surface area contributed by atoms with Gasteiger partial charge in [-0.05, 0) is 36.8 Å². The molecule has 1 heterocycles. The summed E-state index contributed by atoms with van der Waals surface area (Å²) in [6, 6.07) is 9.63. The number of unbranched alkanes of at least 4 members (excludes halogenated alkanes) is 3. The third-order valence-electron chi connectivity index (χ3n) is 3.32. The minimum atomic E-state index is -0.519. The fourth-order valence-electron chi connectivity index (χ4n) is 2.03. The summed E-state index contributed by atoms with van der Waals surface area (Å²) in [6.45, 7) is 2.87. The lowest BCUT2D eigenvalue weighted by molar-refractivity contribution is 0.0734. The second-order valence-corrected chi connectivity index (χ2v) is 5.21. The predicted molar refractivity (Wildman–Crippen MR) is 88.1 cm³/mol. The van der Waals surface area contributed by atoms with Crippen molar-refractivity contribution in [1.29, 1.82) is 0 Å². The average Bonchev–Trinajstić information content (AvgIpc) is 2.57. The van der Waals surface area contributed by atoms with E-state index in [-0.39, 0.29) is 5.56 Å². The van der Waals surface area contributed by atoms with Gasteiger partial charge in [0.15, 0.2) is 0 Å². The minimum Gasteiger partial charge on any atom is -0.494 e. The first-order valence-corrected chi connectivity index (χ1v) is 7.83. The summed E-state index contributed by atoms with van der Waals surface area (Å²) in [5.74, 6) is 0.666. The van der Waals surface area contributed by atoms with Gasteiger partial charge in [-0.3, -0.25) is 4.79 Å². The van der Waals surface area contributed by atoms with Gasteiger partial charge in [-0.25, -0.2) is 4.79 Å². The van der Waals surface area contributed by atoms with Crippen LogP contribution in [0.4, 0.5) is 0 Å². The predicted octanol–water partition coefficient (Wildman–Crippen LogP) is 3.55. The van der Waals surface area contributed by atoms with E-state index in [2.05, 4.69) is 11.9 Å². The van der Waals surface area contributed by atoms with Crippen LogP contribution in [0.2, 0.25) is 0 Å². The molecule has 0 saturated heterocycles. The molecule has 2 aromatic rings. The van der Waals surface area contributed by atoms with Crippen molar-refractivity contribution in [3.8, 4) is 11.5 Å². The number of rotatable bonds is 8. The molecule has 1 aromatic heterocycles. The van der Waals surface area contributed by atoms with E-state index in [0.29, 0.717) is 17.9 Å². The molecule has 1 N–H and O–H groups in total. The van der Waals surface area contributed by atoms with E-state index in [0.717, 1.165) is 12.2 Å². The zero-order valence-electron chi connectivity index (χ0n) is 13.2. The van der Waals surface area contributed by atoms with Crippen molar-refractivity contribution in [1.82, 2.24) is 4.98 Å². The Kier molecular flexibility index (Phi) is 6.41. The van der Waals surface area contributed by atoms with Crippen molar-refractivity contribution in [3.63, 3.8) is 0 Å². The van der Waals surface area contributed by atoms with Crippen molar-refractivity contribution < 1.29 is 14.3 Å². The van der Waals surface area contributed by atoms with Gasteiger partial charge in [0.1, 0.15) is 11.5 Å². The van der Waals surface area contributed by atoms with Crippen LogP contribution in [0, 0.1) is 0 Å². The highest BCUT2D eigenvalue weighted by atomic mass is 16.5. The number of benzene rings is 1. The van der Waals surface area contributed by atoms with Crippen molar-refractivity contribution in [2.75, 3.05) is 6.61 Å². The number of carbonyl (C=O) groups is 1. The minimum absolute atomic E-state index is 0.262. The summed E-state index contributed by atoms with van der Waals surface area (Å²) in [6.07, 6.45) is 5.97. The molecule has 0 aliphatic carbocycles. The van der Waals surface area contributed by atoms with E-state index in [9.17, 15) is 9.59 Å². The number of aromatic nitrogens is 1. The number of nitrogens with one attached hydrogen (secondary N) is 1. The number of hydrogen-bond acceptors (Lipinski definition) is 4. The normalized spacial score (nSPS) is 10.3. The van der Waals surface area contributed by atoms with Crippen LogP contribution < -0.4 is 15.0 Å². The first kappa shape index (κ1) is 16.8. The number of esters is 1. The summed E-state index contributed by atoms with van der Waals surface area (Å²) in [5.41, 5.74) is 0.0304. The molecule has 0 fully saturated rings. The van der Waals surface area contributed by atoms with E-state index >= 15 is 0 Å². The fourth-order valence-corrected chi connectivity index (χ4v) is 2.03. The Labute approximate surface area is 135 Å². The molecule has 0 spiro atoms. The largest absolute Gasteiger partial charge is 0.494 e. The van der Waals surface area contributed by atoms with Gasteiger partial charge in [-0.2, -0.15) is 0 Å². The molecule has 122 valence electrons. The molecule has 5 nitrogen and oxygen atoms in total. The third kappa shape index (κ3) is 5.62. The van der Waals surface area contributed by atoms with Gasteiger partial charge in [-0.1, -0.05) is 26.2 Å². The van der Waals surface area contributed by atoms with E-state index < -0.39 is 5.97 Å². The van der Waals surface area contributed by atoms with Crippen molar-refractivity contribution in [3.05, 3.63) is 58.5 Å². The second kappa shape index (κ2) is 8.78. The highest BCUT2D eigenvalue weighted by Crippen LogP contribution is 2.19. The van der Waals surface area contributed by atoms with Crippen molar-refractivity contribution in [2.45, 2.75) is 32.6 Å². The van der Waals surface area contributed by atoms with Crippen LogP contribution >= 0.6 is 0 Å². The lowest BCUT2D eigenvalue weighted by Gasteiger charge is -2.07. The SMILES string of the molecule is CCCCCCOc1ccc(OC(=O)c2ccc(=O)[nH]c2)cc1. The maximum Gasteiger partial charge on any atom is 0.345 e. The van der Waals surface area contributed by atoms with Crippen LogP contribution in [0.1, 0.15) is 43.0 Å². The second-order valence-electron chi connectivity index (χ2n) is 5.21. The van der Waals surface area contributed by atoms with Gasteiger partial charge < -0.3 is 14.5 Å². The van der Waals surface area contributed by atoms with Crippen LogP contribution in [0.3, 0.4) is 0 Å². The van der Waals surface area contributed by atoms with Gasteiger partial charge in [-0.15, -0.1) is 0 Å². The zero-order chi connectivity index (χ0) is 16.5. The fraction of sp³-hybridized carbons (Fsp3) is 0.333. The van der Waals surface area contributed by atoms with E-state index in [4.69, 9.17) is 9.47 Å². The number of hydrogen-bond donors (Lipinski definition) is 1. The molecule has 0 unspecified atom stereocenters. The summed E-state index contributed by atoms with van der Waals surface area (Å²) in [7, 11) is 0. The van der Waals surface area contributed by atoms with Gasteiger partial charge in [0.2, 0.25) is 5.56 Å². The van der Waals surface area contributed by atoms with Crippen LogP contribution in [0.5, 0.6) is 11.5 Å². The molecule has 0 saturated carbocycles. The molecule has 2 rings (SSSR count). The van der Waals surface area contributed by atoms with Crippen LogP contribution in [0.25, 0.3) is 0 Å². The Balaban J connectivity index is 1.83. The Hall–Kier alpha value is -2.56. The van der Waals surface area contributed by atoms with E-state index in [1.807, 2.05) is 0 Å². The number of carbonyl (C=O) groups excluding carboxylic acids is 1. The van der Waals surface area contributed by atoms with Crippen LogP contribution in [-0.4, -0.2) is 17.6 Å². The Bertz CT molecular complexity index is 656. The summed E-state index contributed by atoms with van der Waals surface area (Å²) >= 11 is 0. The van der Waals surface area contributed by atoms with Crippen molar-refractivity contribution >= 4 is 5.97 Å². The quantitative estimate of drug-likeness (QED) is 0.459. The molecular weight excluding hydrogens is 294 g/mol. The smallest absolute Gasteiger partial charge is 0.345 e. The highest BCUT2D eigenvalue weighted by Gasteiger charge is 2.08. The standard InChI is InChI=1S/C18H21NO4/c1-2-3-4-5-12-22-15-7-9-16(10-8-15)23-18(21)14-6-11-17(20)19-13-14/h6-11,13H,2-5,12H2,1H3,(H,19,20). The molecule has 5 heteroatoms. The van der Waals surface area contributed by atoms with E-state index in [1.165, 1.54) is 37.6 Å². The molecule has 1 aromatic carbocycles. The molecule has 0 aliphatic rings. The number of pyridine rings is 1. The number of H-pyrrole nitrogens is 1. The topological polar surface area (TPSA) is 68.4 Å². The molecule has 0 aliphatic heterocycles. The molecule has 0 bridgehead atoms. The Morgan fingerprint density at radius 3 is 2.39 bits per heavy atom. The average molecular weight is 315 g/mol. The summed E-state index contributed by atoms with van der Waals surface area (Å²) < 4.78 is 10.9. The maximum absolute atomic E-state index is 11.9. The van der Waals surface area contributed by atoms with Gasteiger partial charge >= 0.3 is 5.97 Å². The van der Waals surface area contributed by atoms with Crippen molar-refractivity contribution in [2.24, 2.45) is 0 Å². The lowest BCUT2D eigenvalue weighted by Crippen LogP contribution is -2.12. The van der Waals surface area contributed by atoms with Crippen LogP contribution in [0.15, 0.2) is 47.4 Å². The molecule has 0 radical (unpaired) electrons. The van der Waals surface area contributed by atoms with Gasteiger partial charge in [0.05, 0.1) is 12.2 Å². The number of aromatic amines is 1. The monoisotopic (exact) mass is 315 g/mol. The number of ether oxygens (including phenoxy) is 2.